The van der Waals surface area contributed by atoms with Crippen LogP contribution in [0.15, 0.2) is 48.2 Å². The second kappa shape index (κ2) is 7.40. The minimum atomic E-state index is -0.847. The lowest BCUT2D eigenvalue weighted by Crippen LogP contribution is -2.31. The SMILES string of the molecule is CCCOc1ccc(C2=C(O)C(=O)N(c3cc(Cl)ccc3Cl)C2=O)cc1. The van der Waals surface area contributed by atoms with Crippen LogP contribution in [0, 0.1) is 0 Å². The molecule has 0 radical (unpaired) electrons. The Labute approximate surface area is 160 Å². The molecule has 134 valence electrons. The summed E-state index contributed by atoms with van der Waals surface area (Å²) in [6.45, 7) is 2.57. The molecule has 0 aliphatic carbocycles. The van der Waals surface area contributed by atoms with Gasteiger partial charge in [0.25, 0.3) is 5.91 Å². The molecule has 1 aliphatic heterocycles. The molecule has 0 spiro atoms. The topological polar surface area (TPSA) is 66.8 Å². The van der Waals surface area contributed by atoms with Gasteiger partial charge in [-0.15, -0.1) is 0 Å². The third-order valence-electron chi connectivity index (χ3n) is 3.82. The highest BCUT2D eigenvalue weighted by Crippen LogP contribution is 2.37. The minimum Gasteiger partial charge on any atom is -0.502 e. The van der Waals surface area contributed by atoms with Crippen molar-refractivity contribution in [1.29, 1.82) is 0 Å². The lowest BCUT2D eigenvalue weighted by Gasteiger charge is -2.16. The Hall–Kier alpha value is -2.50. The minimum absolute atomic E-state index is 0.0897. The van der Waals surface area contributed by atoms with Crippen LogP contribution in [0.4, 0.5) is 5.69 Å². The van der Waals surface area contributed by atoms with Crippen molar-refractivity contribution in [2.45, 2.75) is 13.3 Å². The summed E-state index contributed by atoms with van der Waals surface area (Å²) >= 11 is 12.0. The first-order chi connectivity index (χ1) is 12.4. The quantitative estimate of drug-likeness (QED) is 0.754. The molecule has 3 rings (SSSR count). The van der Waals surface area contributed by atoms with Gasteiger partial charge >= 0.3 is 5.91 Å². The van der Waals surface area contributed by atoms with Gasteiger partial charge in [0.15, 0.2) is 5.76 Å². The summed E-state index contributed by atoms with van der Waals surface area (Å²) in [5.74, 6) is -1.50. The van der Waals surface area contributed by atoms with Gasteiger partial charge in [0.1, 0.15) is 5.75 Å². The summed E-state index contributed by atoms with van der Waals surface area (Å²) in [4.78, 5) is 26.1. The Bertz CT molecular complexity index is 906. The Balaban J connectivity index is 1.95. The van der Waals surface area contributed by atoms with Crippen molar-refractivity contribution >= 4 is 46.3 Å². The second-order valence-electron chi connectivity index (χ2n) is 5.64. The maximum Gasteiger partial charge on any atom is 0.301 e. The Morgan fingerprint density at radius 3 is 2.38 bits per heavy atom. The lowest BCUT2D eigenvalue weighted by atomic mass is 10.1. The van der Waals surface area contributed by atoms with Crippen LogP contribution < -0.4 is 9.64 Å². The zero-order valence-corrected chi connectivity index (χ0v) is 15.3. The zero-order chi connectivity index (χ0) is 18.8. The summed E-state index contributed by atoms with van der Waals surface area (Å²) in [7, 11) is 0. The first kappa shape index (κ1) is 18.3. The number of benzene rings is 2. The predicted molar refractivity (Wildman–Crippen MR) is 101 cm³/mol. The van der Waals surface area contributed by atoms with Crippen molar-refractivity contribution in [3.05, 3.63) is 63.8 Å². The molecular formula is C19H15Cl2NO4. The molecule has 2 aromatic carbocycles. The number of hydrogen-bond acceptors (Lipinski definition) is 4. The van der Waals surface area contributed by atoms with E-state index in [2.05, 4.69) is 0 Å². The number of carbonyl (C=O) groups excluding carboxylic acids is 2. The Morgan fingerprint density at radius 2 is 1.73 bits per heavy atom. The highest BCUT2D eigenvalue weighted by atomic mass is 35.5. The lowest BCUT2D eigenvalue weighted by molar-refractivity contribution is -0.121. The van der Waals surface area contributed by atoms with Gasteiger partial charge in [-0.2, -0.15) is 0 Å². The highest BCUT2D eigenvalue weighted by Gasteiger charge is 2.41. The summed E-state index contributed by atoms with van der Waals surface area (Å²) in [6.07, 6.45) is 0.871. The van der Waals surface area contributed by atoms with Crippen molar-refractivity contribution in [2.24, 2.45) is 0 Å². The summed E-state index contributed by atoms with van der Waals surface area (Å²) in [5, 5.41) is 10.7. The van der Waals surface area contributed by atoms with Crippen LogP contribution in [-0.4, -0.2) is 23.5 Å². The molecular weight excluding hydrogens is 377 g/mol. The van der Waals surface area contributed by atoms with Crippen LogP contribution in [0.5, 0.6) is 5.75 Å². The number of anilines is 1. The number of carbonyl (C=O) groups is 2. The highest BCUT2D eigenvalue weighted by molar-refractivity contribution is 6.47. The van der Waals surface area contributed by atoms with E-state index in [4.69, 9.17) is 27.9 Å². The first-order valence-electron chi connectivity index (χ1n) is 7.94. The van der Waals surface area contributed by atoms with Gasteiger partial charge in [0, 0.05) is 5.02 Å². The third kappa shape index (κ3) is 3.28. The molecule has 5 nitrogen and oxygen atoms in total. The third-order valence-corrected chi connectivity index (χ3v) is 4.38. The Kier molecular flexibility index (Phi) is 5.20. The maximum absolute atomic E-state index is 12.8. The number of nitrogens with zero attached hydrogens (tertiary/aromatic N) is 1. The fourth-order valence-electron chi connectivity index (χ4n) is 2.59. The van der Waals surface area contributed by atoms with E-state index < -0.39 is 17.6 Å². The number of ether oxygens (including phenoxy) is 1. The average molecular weight is 392 g/mol. The number of hydrogen-bond donors (Lipinski definition) is 1. The van der Waals surface area contributed by atoms with Crippen molar-refractivity contribution in [3.63, 3.8) is 0 Å². The second-order valence-corrected chi connectivity index (χ2v) is 6.48. The van der Waals surface area contributed by atoms with Gasteiger partial charge in [0.05, 0.1) is 22.9 Å². The van der Waals surface area contributed by atoms with E-state index in [9.17, 15) is 14.7 Å². The molecule has 0 bridgehead atoms. The average Bonchev–Trinajstić information content (AvgIpc) is 2.85. The van der Waals surface area contributed by atoms with Crippen LogP contribution in [0.3, 0.4) is 0 Å². The van der Waals surface area contributed by atoms with E-state index in [-0.39, 0.29) is 16.3 Å². The number of aliphatic hydroxyl groups excluding tert-OH is 1. The molecule has 0 aromatic heterocycles. The zero-order valence-electron chi connectivity index (χ0n) is 13.8. The largest absolute Gasteiger partial charge is 0.502 e. The fourth-order valence-corrected chi connectivity index (χ4v) is 2.96. The molecule has 0 atom stereocenters. The molecule has 1 aliphatic rings. The van der Waals surface area contributed by atoms with Gasteiger partial charge < -0.3 is 9.84 Å². The molecule has 0 unspecified atom stereocenters. The standard InChI is InChI=1S/C19H15Cl2NO4/c1-2-9-26-13-6-3-11(4-7-13)16-17(23)19(25)22(18(16)24)15-10-12(20)5-8-14(15)21/h3-8,10,23H,2,9H2,1H3. The molecule has 26 heavy (non-hydrogen) atoms. The van der Waals surface area contributed by atoms with Crippen LogP contribution in [-0.2, 0) is 9.59 Å². The number of aliphatic hydroxyl groups is 1. The predicted octanol–water partition coefficient (Wildman–Crippen LogP) is 4.62. The maximum atomic E-state index is 12.8. The number of halogens is 2. The van der Waals surface area contributed by atoms with E-state index in [1.54, 1.807) is 30.3 Å². The molecule has 7 heteroatoms. The summed E-state index contributed by atoms with van der Waals surface area (Å²) in [5.41, 5.74) is 0.442. The van der Waals surface area contributed by atoms with E-state index >= 15 is 0 Å². The smallest absolute Gasteiger partial charge is 0.301 e. The molecule has 0 fully saturated rings. The van der Waals surface area contributed by atoms with E-state index in [0.29, 0.717) is 22.9 Å². The van der Waals surface area contributed by atoms with Crippen molar-refractivity contribution in [3.8, 4) is 5.75 Å². The van der Waals surface area contributed by atoms with E-state index in [1.165, 1.54) is 12.1 Å². The van der Waals surface area contributed by atoms with Crippen LogP contribution in [0.1, 0.15) is 18.9 Å². The van der Waals surface area contributed by atoms with Crippen molar-refractivity contribution in [1.82, 2.24) is 0 Å². The summed E-state index contributed by atoms with van der Waals surface area (Å²) < 4.78 is 5.49. The molecule has 1 N–H and O–H groups in total. The molecule has 2 aromatic rings. The first-order valence-corrected chi connectivity index (χ1v) is 8.70. The fraction of sp³-hybridized carbons (Fsp3) is 0.158. The molecule has 0 saturated carbocycles. The molecule has 1 heterocycles. The monoisotopic (exact) mass is 391 g/mol. The van der Waals surface area contributed by atoms with E-state index in [0.717, 1.165) is 11.3 Å². The van der Waals surface area contributed by atoms with Gasteiger partial charge in [-0.25, -0.2) is 4.90 Å². The van der Waals surface area contributed by atoms with E-state index in [1.807, 2.05) is 6.92 Å². The number of imide groups is 1. The van der Waals surface area contributed by atoms with Crippen molar-refractivity contribution in [2.75, 3.05) is 11.5 Å². The van der Waals surface area contributed by atoms with Gasteiger partial charge in [-0.3, -0.25) is 9.59 Å². The van der Waals surface area contributed by atoms with Crippen LogP contribution in [0.2, 0.25) is 10.0 Å². The number of rotatable bonds is 5. The van der Waals surface area contributed by atoms with Gasteiger partial charge in [0.2, 0.25) is 0 Å². The van der Waals surface area contributed by atoms with Crippen LogP contribution in [0.25, 0.3) is 5.57 Å². The molecule has 0 saturated heterocycles. The van der Waals surface area contributed by atoms with Crippen LogP contribution >= 0.6 is 23.2 Å². The molecule has 2 amide bonds. The Morgan fingerprint density at radius 1 is 1.04 bits per heavy atom. The van der Waals surface area contributed by atoms with Gasteiger partial charge in [-0.1, -0.05) is 42.3 Å². The van der Waals surface area contributed by atoms with Crippen molar-refractivity contribution < 1.29 is 19.4 Å². The normalized spacial score (nSPS) is 14.3. The summed E-state index contributed by atoms with van der Waals surface area (Å²) in [6, 6.07) is 11.0. The number of amides is 2. The van der Waals surface area contributed by atoms with Gasteiger partial charge in [-0.05, 0) is 42.3 Å².